The van der Waals surface area contributed by atoms with E-state index in [2.05, 4.69) is 4.98 Å². The topological polar surface area (TPSA) is 82.6 Å². The van der Waals surface area contributed by atoms with Crippen LogP contribution in [0.25, 0.3) is 10.6 Å². The van der Waals surface area contributed by atoms with Crippen molar-refractivity contribution < 1.29 is 22.7 Å². The van der Waals surface area contributed by atoms with Gasteiger partial charge in [0.15, 0.2) is 9.84 Å². The fraction of sp³-hybridized carbons (Fsp3) is 0.158. The highest BCUT2D eigenvalue weighted by Crippen LogP contribution is 2.26. The largest absolute Gasteiger partial charge is 0.497 e. The van der Waals surface area contributed by atoms with Crippen LogP contribution in [0.5, 0.6) is 5.75 Å². The Hall–Kier alpha value is -2.71. The number of nitrogens with zero attached hydrogens (tertiary/aromatic N) is 1. The first-order chi connectivity index (χ1) is 12.9. The number of aromatic nitrogens is 1. The van der Waals surface area contributed by atoms with Crippen LogP contribution in [0.1, 0.15) is 16.1 Å². The molecule has 0 amide bonds. The second-order valence-corrected chi connectivity index (χ2v) is 8.62. The Morgan fingerprint density at radius 2 is 1.74 bits per heavy atom. The molecule has 140 valence electrons. The number of benzene rings is 2. The molecule has 0 aliphatic heterocycles. The molecule has 0 aliphatic carbocycles. The fourth-order valence-electron chi connectivity index (χ4n) is 2.30. The minimum atomic E-state index is -3.30. The van der Waals surface area contributed by atoms with E-state index >= 15 is 0 Å². The van der Waals surface area contributed by atoms with E-state index in [1.807, 2.05) is 29.6 Å². The predicted octanol–water partition coefficient (Wildman–Crippen LogP) is 3.58. The van der Waals surface area contributed by atoms with Crippen molar-refractivity contribution in [3.8, 4) is 16.3 Å². The highest BCUT2D eigenvalue weighted by Gasteiger charge is 2.12. The molecular weight excluding hydrogens is 386 g/mol. The molecule has 0 spiro atoms. The first-order valence-corrected chi connectivity index (χ1v) is 10.7. The van der Waals surface area contributed by atoms with E-state index in [9.17, 15) is 13.2 Å². The summed E-state index contributed by atoms with van der Waals surface area (Å²) in [5, 5.41) is 2.65. The summed E-state index contributed by atoms with van der Waals surface area (Å²) in [6.07, 6.45) is 1.11. The number of sulfone groups is 1. The van der Waals surface area contributed by atoms with E-state index in [4.69, 9.17) is 9.47 Å². The van der Waals surface area contributed by atoms with Gasteiger partial charge in [-0.15, -0.1) is 11.3 Å². The van der Waals surface area contributed by atoms with Crippen LogP contribution >= 0.6 is 11.3 Å². The van der Waals surface area contributed by atoms with E-state index in [0.29, 0.717) is 5.69 Å². The average molecular weight is 403 g/mol. The van der Waals surface area contributed by atoms with Gasteiger partial charge in [-0.1, -0.05) is 0 Å². The van der Waals surface area contributed by atoms with Gasteiger partial charge in [0.2, 0.25) is 0 Å². The molecule has 27 heavy (non-hydrogen) atoms. The molecule has 0 saturated heterocycles. The zero-order valence-electron chi connectivity index (χ0n) is 14.7. The lowest BCUT2D eigenvalue weighted by molar-refractivity contribution is 0.0468. The molecule has 6 nitrogen and oxygen atoms in total. The van der Waals surface area contributed by atoms with Crippen molar-refractivity contribution in [2.45, 2.75) is 11.5 Å². The Kier molecular flexibility index (Phi) is 5.57. The number of ether oxygens (including phenoxy) is 2. The summed E-state index contributed by atoms with van der Waals surface area (Å²) in [5.74, 6) is 0.236. The number of carbonyl (C=O) groups is 1. The SMILES string of the molecule is COc1ccc(-c2nc(COC(=O)c3ccc(S(C)(=O)=O)cc3)cs2)cc1. The summed E-state index contributed by atoms with van der Waals surface area (Å²) in [6, 6.07) is 13.2. The molecule has 0 N–H and O–H groups in total. The van der Waals surface area contributed by atoms with Crippen LogP contribution in [0.3, 0.4) is 0 Å². The third kappa shape index (κ3) is 4.72. The van der Waals surface area contributed by atoms with Crippen LogP contribution in [0.4, 0.5) is 0 Å². The van der Waals surface area contributed by atoms with Crippen molar-refractivity contribution >= 4 is 27.1 Å². The molecule has 1 aromatic heterocycles. The first-order valence-electron chi connectivity index (χ1n) is 7.93. The Morgan fingerprint density at radius 3 is 2.33 bits per heavy atom. The predicted molar refractivity (Wildman–Crippen MR) is 103 cm³/mol. The van der Waals surface area contributed by atoms with Crippen molar-refractivity contribution in [1.82, 2.24) is 4.98 Å². The molecule has 2 aromatic carbocycles. The molecule has 0 bridgehead atoms. The molecule has 3 aromatic rings. The van der Waals surface area contributed by atoms with Gasteiger partial charge in [-0.25, -0.2) is 18.2 Å². The highest BCUT2D eigenvalue weighted by molar-refractivity contribution is 7.90. The van der Waals surface area contributed by atoms with Gasteiger partial charge in [0, 0.05) is 17.2 Å². The van der Waals surface area contributed by atoms with E-state index in [0.717, 1.165) is 22.6 Å². The quantitative estimate of drug-likeness (QED) is 0.585. The molecule has 0 fully saturated rings. The van der Waals surface area contributed by atoms with Gasteiger partial charge >= 0.3 is 5.97 Å². The van der Waals surface area contributed by atoms with Crippen molar-refractivity contribution in [2.24, 2.45) is 0 Å². The van der Waals surface area contributed by atoms with Gasteiger partial charge in [-0.2, -0.15) is 0 Å². The zero-order chi connectivity index (χ0) is 19.4. The van der Waals surface area contributed by atoms with Gasteiger partial charge < -0.3 is 9.47 Å². The number of hydrogen-bond donors (Lipinski definition) is 0. The van der Waals surface area contributed by atoms with E-state index in [1.54, 1.807) is 7.11 Å². The maximum atomic E-state index is 12.1. The van der Waals surface area contributed by atoms with Gasteiger partial charge in [-0.3, -0.25) is 0 Å². The molecule has 0 saturated carbocycles. The fourth-order valence-corrected chi connectivity index (χ4v) is 3.74. The zero-order valence-corrected chi connectivity index (χ0v) is 16.3. The number of thiazole rings is 1. The van der Waals surface area contributed by atoms with Crippen LogP contribution in [0.2, 0.25) is 0 Å². The Balaban J connectivity index is 1.63. The van der Waals surface area contributed by atoms with Crippen LogP contribution < -0.4 is 4.74 Å². The highest BCUT2D eigenvalue weighted by atomic mass is 32.2. The summed E-state index contributed by atoms with van der Waals surface area (Å²) in [5.41, 5.74) is 1.88. The smallest absolute Gasteiger partial charge is 0.338 e. The lowest BCUT2D eigenvalue weighted by Crippen LogP contribution is -2.06. The van der Waals surface area contributed by atoms with Crippen LogP contribution in [-0.2, 0) is 21.2 Å². The maximum absolute atomic E-state index is 12.1. The molecule has 8 heteroatoms. The molecular formula is C19H17NO5S2. The number of rotatable bonds is 6. The lowest BCUT2D eigenvalue weighted by atomic mass is 10.2. The summed E-state index contributed by atoms with van der Waals surface area (Å²) < 4.78 is 33.3. The van der Waals surface area contributed by atoms with Gasteiger partial charge in [0.05, 0.1) is 23.3 Å². The molecule has 0 atom stereocenters. The van der Waals surface area contributed by atoms with Crippen molar-refractivity contribution in [2.75, 3.05) is 13.4 Å². The average Bonchev–Trinajstić information content (AvgIpc) is 3.14. The van der Waals surface area contributed by atoms with Crippen molar-refractivity contribution in [3.05, 3.63) is 65.2 Å². The second-order valence-electron chi connectivity index (χ2n) is 5.75. The second kappa shape index (κ2) is 7.89. The molecule has 0 radical (unpaired) electrons. The number of esters is 1. The van der Waals surface area contributed by atoms with Crippen molar-refractivity contribution in [3.63, 3.8) is 0 Å². The minimum absolute atomic E-state index is 0.0410. The summed E-state index contributed by atoms with van der Waals surface area (Å²) in [7, 11) is -1.69. The number of carbonyl (C=O) groups excluding carboxylic acids is 1. The van der Waals surface area contributed by atoms with Gasteiger partial charge in [0.25, 0.3) is 0 Å². The third-order valence-corrected chi connectivity index (χ3v) is 5.83. The normalized spacial score (nSPS) is 11.2. The Morgan fingerprint density at radius 1 is 1.07 bits per heavy atom. The van der Waals surface area contributed by atoms with Gasteiger partial charge in [0.1, 0.15) is 17.4 Å². The molecule has 0 aliphatic rings. The molecule has 0 unspecified atom stereocenters. The van der Waals surface area contributed by atoms with E-state index < -0.39 is 15.8 Å². The Labute approximate surface area is 161 Å². The summed E-state index contributed by atoms with van der Waals surface area (Å²) >= 11 is 1.46. The first kappa shape index (κ1) is 19.1. The monoisotopic (exact) mass is 403 g/mol. The number of hydrogen-bond acceptors (Lipinski definition) is 7. The van der Waals surface area contributed by atoms with Crippen LogP contribution in [0, 0.1) is 0 Å². The minimum Gasteiger partial charge on any atom is -0.497 e. The molecule has 1 heterocycles. The maximum Gasteiger partial charge on any atom is 0.338 e. The summed E-state index contributed by atoms with van der Waals surface area (Å²) in [4.78, 5) is 16.7. The third-order valence-electron chi connectivity index (χ3n) is 3.76. The van der Waals surface area contributed by atoms with E-state index in [-0.39, 0.29) is 17.1 Å². The standard InChI is InChI=1S/C19H17NO5S2/c1-24-16-7-3-13(4-8-16)18-20-15(12-26-18)11-25-19(21)14-5-9-17(10-6-14)27(2,22)23/h3-10,12H,11H2,1-2H3. The van der Waals surface area contributed by atoms with E-state index in [1.165, 1.54) is 35.6 Å². The summed E-state index contributed by atoms with van der Waals surface area (Å²) in [6.45, 7) is 0.0410. The number of methoxy groups -OCH3 is 1. The van der Waals surface area contributed by atoms with Crippen LogP contribution in [-0.4, -0.2) is 32.7 Å². The Bertz CT molecular complexity index is 1040. The van der Waals surface area contributed by atoms with Crippen LogP contribution in [0.15, 0.2) is 58.8 Å². The van der Waals surface area contributed by atoms with Gasteiger partial charge in [-0.05, 0) is 48.5 Å². The lowest BCUT2D eigenvalue weighted by Gasteiger charge is -2.04. The molecule has 3 rings (SSSR count). The van der Waals surface area contributed by atoms with Crippen molar-refractivity contribution in [1.29, 1.82) is 0 Å².